The fourth-order valence-electron chi connectivity index (χ4n) is 1.31. The lowest BCUT2D eigenvalue weighted by molar-refractivity contribution is -0.383. The smallest absolute Gasteiger partial charge is 0.310 e. The molecule has 0 heterocycles. The first-order valence-electron chi connectivity index (χ1n) is 5.04. The quantitative estimate of drug-likeness (QED) is 0.457. The van der Waals surface area contributed by atoms with Gasteiger partial charge in [0.1, 0.15) is 10.7 Å². The molecule has 0 atom stereocenters. The van der Waals surface area contributed by atoms with Gasteiger partial charge in [-0.3, -0.25) is 10.1 Å². The summed E-state index contributed by atoms with van der Waals surface area (Å²) in [6.07, 6.45) is 0. The number of benzene rings is 1. The third-order valence-corrected chi connectivity index (χ3v) is 2.34. The average molecular weight is 244 g/mol. The number of para-hydroxylation sites is 1. The summed E-state index contributed by atoms with van der Waals surface area (Å²) in [6, 6.07) is 4.84. The summed E-state index contributed by atoms with van der Waals surface area (Å²) in [6.45, 7) is 4.25. The summed E-state index contributed by atoms with van der Waals surface area (Å²) in [5.74, 6) is 0. The van der Waals surface area contributed by atoms with Crippen LogP contribution in [0.1, 0.15) is 6.92 Å². The van der Waals surface area contributed by atoms with Crippen LogP contribution < -0.4 is 10.6 Å². The molecule has 1 aromatic rings. The molecule has 0 saturated carbocycles. The first-order chi connectivity index (χ1) is 7.66. The van der Waals surface area contributed by atoms with E-state index in [4.69, 9.17) is 11.6 Å². The van der Waals surface area contributed by atoms with Crippen LogP contribution in [0, 0.1) is 10.1 Å². The first kappa shape index (κ1) is 12.7. The molecule has 0 aliphatic heterocycles. The number of anilines is 1. The first-order valence-corrected chi connectivity index (χ1v) is 5.42. The third kappa shape index (κ3) is 3.36. The Balaban J connectivity index is 2.71. The van der Waals surface area contributed by atoms with E-state index >= 15 is 0 Å². The monoisotopic (exact) mass is 243 g/mol. The molecule has 16 heavy (non-hydrogen) atoms. The van der Waals surface area contributed by atoms with Crippen molar-refractivity contribution in [2.24, 2.45) is 0 Å². The standard InChI is InChI=1S/C10H14ClN3O2/c1-2-12-6-7-13-9-5-3-4-8(11)10(9)14(15)16/h3-5,12-13H,2,6-7H2,1H3. The van der Waals surface area contributed by atoms with Crippen molar-refractivity contribution in [2.75, 3.05) is 25.0 Å². The molecule has 0 bridgehead atoms. The van der Waals surface area contributed by atoms with Crippen LogP contribution in [0.2, 0.25) is 5.02 Å². The number of nitrogens with one attached hydrogen (secondary N) is 2. The Morgan fingerprint density at radius 2 is 2.19 bits per heavy atom. The van der Waals surface area contributed by atoms with E-state index in [1.807, 2.05) is 6.92 Å². The van der Waals surface area contributed by atoms with Crippen molar-refractivity contribution in [1.82, 2.24) is 5.32 Å². The van der Waals surface area contributed by atoms with Gasteiger partial charge in [-0.1, -0.05) is 24.6 Å². The summed E-state index contributed by atoms with van der Waals surface area (Å²) in [5.41, 5.74) is 0.385. The number of halogens is 1. The van der Waals surface area contributed by atoms with Crippen molar-refractivity contribution >= 4 is 23.0 Å². The molecule has 0 aliphatic rings. The van der Waals surface area contributed by atoms with E-state index in [1.165, 1.54) is 6.07 Å². The third-order valence-electron chi connectivity index (χ3n) is 2.04. The number of nitrogens with zero attached hydrogens (tertiary/aromatic N) is 1. The fourth-order valence-corrected chi connectivity index (χ4v) is 1.55. The zero-order valence-electron chi connectivity index (χ0n) is 9.00. The van der Waals surface area contributed by atoms with Crippen molar-refractivity contribution in [1.29, 1.82) is 0 Å². The largest absolute Gasteiger partial charge is 0.378 e. The number of rotatable bonds is 6. The Morgan fingerprint density at radius 1 is 1.44 bits per heavy atom. The summed E-state index contributed by atoms with van der Waals surface area (Å²) >= 11 is 5.77. The molecule has 0 radical (unpaired) electrons. The Hall–Kier alpha value is -1.33. The second-order valence-electron chi connectivity index (χ2n) is 3.17. The minimum Gasteiger partial charge on any atom is -0.378 e. The SMILES string of the molecule is CCNCCNc1cccc(Cl)c1[N+](=O)[O-]. The summed E-state index contributed by atoms with van der Waals surface area (Å²) in [4.78, 5) is 10.3. The molecule has 0 fully saturated rings. The Kier molecular flexibility index (Phi) is 5.01. The van der Waals surface area contributed by atoms with Crippen molar-refractivity contribution in [3.63, 3.8) is 0 Å². The van der Waals surface area contributed by atoms with Gasteiger partial charge in [-0.25, -0.2) is 0 Å². The zero-order chi connectivity index (χ0) is 12.0. The Bertz CT molecular complexity index is 371. The van der Waals surface area contributed by atoms with Crippen LogP contribution in [-0.2, 0) is 0 Å². The zero-order valence-corrected chi connectivity index (χ0v) is 9.75. The second-order valence-corrected chi connectivity index (χ2v) is 3.58. The number of hydrogen-bond donors (Lipinski definition) is 2. The molecule has 0 amide bonds. The summed E-state index contributed by atoms with van der Waals surface area (Å²) in [5, 5.41) is 17.0. The fraction of sp³-hybridized carbons (Fsp3) is 0.400. The van der Waals surface area contributed by atoms with Crippen molar-refractivity contribution in [3.8, 4) is 0 Å². The van der Waals surface area contributed by atoms with E-state index in [0.717, 1.165) is 13.1 Å². The maximum absolute atomic E-state index is 10.8. The second kappa shape index (κ2) is 6.30. The van der Waals surface area contributed by atoms with Gasteiger partial charge < -0.3 is 10.6 Å². The molecule has 0 aromatic heterocycles. The van der Waals surface area contributed by atoms with Crippen LogP contribution in [0.25, 0.3) is 0 Å². The van der Waals surface area contributed by atoms with Gasteiger partial charge in [0.05, 0.1) is 4.92 Å². The topological polar surface area (TPSA) is 67.2 Å². The van der Waals surface area contributed by atoms with Crippen molar-refractivity contribution in [3.05, 3.63) is 33.3 Å². The molecule has 1 aromatic carbocycles. The molecule has 1 rings (SSSR count). The highest BCUT2D eigenvalue weighted by Crippen LogP contribution is 2.31. The van der Waals surface area contributed by atoms with Crippen LogP contribution in [0.4, 0.5) is 11.4 Å². The number of likely N-dealkylation sites (N-methyl/N-ethyl adjacent to an activating group) is 1. The van der Waals surface area contributed by atoms with Gasteiger partial charge in [-0.15, -0.1) is 0 Å². The van der Waals surface area contributed by atoms with Gasteiger partial charge in [0.15, 0.2) is 0 Å². The van der Waals surface area contributed by atoms with Crippen LogP contribution in [-0.4, -0.2) is 24.6 Å². The van der Waals surface area contributed by atoms with Gasteiger partial charge in [-0.2, -0.15) is 0 Å². The van der Waals surface area contributed by atoms with E-state index in [0.29, 0.717) is 12.2 Å². The summed E-state index contributed by atoms with van der Waals surface area (Å²) in [7, 11) is 0. The predicted octanol–water partition coefficient (Wildman–Crippen LogP) is 2.27. The minimum atomic E-state index is -0.474. The van der Waals surface area contributed by atoms with E-state index < -0.39 is 4.92 Å². The molecule has 0 aliphatic carbocycles. The molecule has 0 unspecified atom stereocenters. The molecule has 5 nitrogen and oxygen atoms in total. The van der Waals surface area contributed by atoms with E-state index in [1.54, 1.807) is 12.1 Å². The van der Waals surface area contributed by atoms with Crippen LogP contribution >= 0.6 is 11.6 Å². The highest BCUT2D eigenvalue weighted by molar-refractivity contribution is 6.33. The lowest BCUT2D eigenvalue weighted by Crippen LogP contribution is -2.21. The normalized spacial score (nSPS) is 10.1. The van der Waals surface area contributed by atoms with Crippen molar-refractivity contribution < 1.29 is 4.92 Å². The Labute approximate surface area is 98.9 Å². The van der Waals surface area contributed by atoms with Crippen LogP contribution in [0.3, 0.4) is 0 Å². The lowest BCUT2D eigenvalue weighted by Gasteiger charge is -2.07. The molecular formula is C10H14ClN3O2. The van der Waals surface area contributed by atoms with Crippen LogP contribution in [0.5, 0.6) is 0 Å². The number of nitro groups is 1. The lowest BCUT2D eigenvalue weighted by atomic mass is 10.2. The van der Waals surface area contributed by atoms with Gasteiger partial charge in [-0.05, 0) is 18.7 Å². The molecule has 0 spiro atoms. The molecule has 0 saturated heterocycles. The molecule has 88 valence electrons. The van der Waals surface area contributed by atoms with Gasteiger partial charge in [0.25, 0.3) is 0 Å². The molecule has 2 N–H and O–H groups in total. The van der Waals surface area contributed by atoms with E-state index in [-0.39, 0.29) is 10.7 Å². The highest BCUT2D eigenvalue weighted by Gasteiger charge is 2.17. The minimum absolute atomic E-state index is 0.0688. The highest BCUT2D eigenvalue weighted by atomic mass is 35.5. The van der Waals surface area contributed by atoms with Crippen molar-refractivity contribution in [2.45, 2.75) is 6.92 Å². The maximum atomic E-state index is 10.8. The molecular weight excluding hydrogens is 230 g/mol. The van der Waals surface area contributed by atoms with E-state index in [9.17, 15) is 10.1 Å². The average Bonchev–Trinajstić information content (AvgIpc) is 2.24. The van der Waals surface area contributed by atoms with Crippen LogP contribution in [0.15, 0.2) is 18.2 Å². The van der Waals surface area contributed by atoms with Gasteiger partial charge in [0, 0.05) is 13.1 Å². The van der Waals surface area contributed by atoms with E-state index in [2.05, 4.69) is 10.6 Å². The maximum Gasteiger partial charge on any atom is 0.310 e. The number of nitro benzene ring substituents is 1. The Morgan fingerprint density at radius 3 is 2.81 bits per heavy atom. The van der Waals surface area contributed by atoms with Gasteiger partial charge >= 0.3 is 5.69 Å². The number of hydrogen-bond acceptors (Lipinski definition) is 4. The molecule has 6 heteroatoms. The van der Waals surface area contributed by atoms with Gasteiger partial charge in [0.2, 0.25) is 0 Å². The predicted molar refractivity (Wildman–Crippen MR) is 65.1 cm³/mol. The summed E-state index contributed by atoms with van der Waals surface area (Å²) < 4.78 is 0.